The third-order valence-electron chi connectivity index (χ3n) is 2.88. The van der Waals surface area contributed by atoms with Crippen LogP contribution >= 0.6 is 0 Å². The first-order valence-electron chi connectivity index (χ1n) is 5.67. The second-order valence-corrected chi connectivity index (χ2v) is 4.13. The van der Waals surface area contributed by atoms with Crippen molar-refractivity contribution >= 4 is 0 Å². The Morgan fingerprint density at radius 1 is 1.27 bits per heavy atom. The molecule has 1 aliphatic rings. The predicted octanol–water partition coefficient (Wildman–Crippen LogP) is 1.78. The molecule has 0 amide bonds. The van der Waals surface area contributed by atoms with Crippen molar-refractivity contribution in [1.82, 2.24) is 15.4 Å². The van der Waals surface area contributed by atoms with E-state index in [0.717, 1.165) is 30.4 Å². The summed E-state index contributed by atoms with van der Waals surface area (Å²) in [5, 5.41) is 2.26. The third-order valence-corrected chi connectivity index (χ3v) is 2.88. The van der Waals surface area contributed by atoms with Crippen LogP contribution in [0, 0.1) is 13.8 Å². The summed E-state index contributed by atoms with van der Waals surface area (Å²) in [4.78, 5) is 4.34. The van der Waals surface area contributed by atoms with Crippen molar-refractivity contribution in [3.05, 3.63) is 17.3 Å². The zero-order chi connectivity index (χ0) is 10.7. The second-order valence-electron chi connectivity index (χ2n) is 4.13. The largest absolute Gasteiger partial charge is 0.444 e. The van der Waals surface area contributed by atoms with Crippen LogP contribution in [0.25, 0.3) is 0 Å². The van der Waals surface area contributed by atoms with Gasteiger partial charge in [-0.2, -0.15) is 0 Å². The summed E-state index contributed by atoms with van der Waals surface area (Å²) in [7, 11) is 0. The zero-order valence-electron chi connectivity index (χ0n) is 9.55. The summed E-state index contributed by atoms with van der Waals surface area (Å²) in [6.07, 6.45) is 3.93. The number of nitrogens with one attached hydrogen (secondary N) is 1. The number of aryl methyl sites for hydroxylation is 2. The smallest absolute Gasteiger partial charge is 0.209 e. The van der Waals surface area contributed by atoms with Crippen molar-refractivity contribution in [3.63, 3.8) is 0 Å². The molecule has 1 aromatic rings. The van der Waals surface area contributed by atoms with Gasteiger partial charge >= 0.3 is 0 Å². The predicted molar refractivity (Wildman–Crippen MR) is 58.2 cm³/mol. The van der Waals surface area contributed by atoms with Crippen LogP contribution in [0.1, 0.15) is 36.6 Å². The van der Waals surface area contributed by atoms with Gasteiger partial charge in [0.1, 0.15) is 5.76 Å². The molecule has 4 heteroatoms. The Morgan fingerprint density at radius 2 is 2.00 bits per heavy atom. The number of nitrogens with zero attached hydrogens (tertiary/aromatic N) is 2. The van der Waals surface area contributed by atoms with Crippen molar-refractivity contribution in [2.45, 2.75) is 39.7 Å². The Bertz CT molecular complexity index is 296. The Labute approximate surface area is 90.6 Å². The van der Waals surface area contributed by atoms with Gasteiger partial charge in [0.2, 0.25) is 5.89 Å². The molecule has 0 atom stereocenters. The average Bonchev–Trinajstić information content (AvgIpc) is 2.57. The Balaban J connectivity index is 1.81. The second kappa shape index (κ2) is 4.77. The van der Waals surface area contributed by atoms with Gasteiger partial charge in [-0.15, -0.1) is 0 Å². The number of hydrogen-bond donors (Lipinski definition) is 1. The first-order valence-corrected chi connectivity index (χ1v) is 5.67. The fraction of sp³-hybridized carbons (Fsp3) is 0.727. The van der Waals surface area contributed by atoms with Gasteiger partial charge in [-0.25, -0.2) is 15.4 Å². The van der Waals surface area contributed by atoms with Crippen LogP contribution in [0.2, 0.25) is 0 Å². The highest BCUT2D eigenvalue weighted by atomic mass is 16.4. The highest BCUT2D eigenvalue weighted by Crippen LogP contribution is 2.09. The van der Waals surface area contributed by atoms with Crippen LogP contribution in [0.4, 0.5) is 0 Å². The van der Waals surface area contributed by atoms with E-state index in [1.165, 1.54) is 19.3 Å². The molecule has 4 nitrogen and oxygen atoms in total. The lowest BCUT2D eigenvalue weighted by Crippen LogP contribution is -2.41. The molecule has 0 aliphatic carbocycles. The van der Waals surface area contributed by atoms with Gasteiger partial charge in [0.25, 0.3) is 0 Å². The minimum atomic E-state index is 0.703. The van der Waals surface area contributed by atoms with Crippen molar-refractivity contribution < 1.29 is 4.42 Å². The van der Waals surface area contributed by atoms with Crippen LogP contribution in [0.15, 0.2) is 4.42 Å². The maximum absolute atomic E-state index is 5.51. The van der Waals surface area contributed by atoms with E-state index in [4.69, 9.17) is 4.42 Å². The Kier molecular flexibility index (Phi) is 3.38. The molecule has 0 unspecified atom stereocenters. The van der Waals surface area contributed by atoms with Gasteiger partial charge in [0.15, 0.2) is 0 Å². The minimum Gasteiger partial charge on any atom is -0.444 e. The SMILES string of the molecule is Cc1nc(CNN2CCCCC2)oc1C. The van der Waals surface area contributed by atoms with Gasteiger partial charge in [-0.3, -0.25) is 0 Å². The number of hydrazine groups is 1. The van der Waals surface area contributed by atoms with E-state index in [1.807, 2.05) is 13.8 Å². The van der Waals surface area contributed by atoms with Gasteiger partial charge < -0.3 is 4.42 Å². The fourth-order valence-corrected chi connectivity index (χ4v) is 1.85. The quantitative estimate of drug-likeness (QED) is 0.824. The van der Waals surface area contributed by atoms with E-state index in [0.29, 0.717) is 6.54 Å². The molecule has 0 radical (unpaired) electrons. The third kappa shape index (κ3) is 2.79. The highest BCUT2D eigenvalue weighted by molar-refractivity contribution is 5.04. The Hall–Kier alpha value is -0.870. The van der Waals surface area contributed by atoms with E-state index < -0.39 is 0 Å². The normalized spacial score (nSPS) is 18.3. The molecule has 0 bridgehead atoms. The maximum Gasteiger partial charge on any atom is 0.209 e. The summed E-state index contributed by atoms with van der Waals surface area (Å²) in [6.45, 7) is 6.90. The van der Waals surface area contributed by atoms with Crippen LogP contribution in [0.5, 0.6) is 0 Å². The molecule has 1 aromatic heterocycles. The number of hydrogen-bond acceptors (Lipinski definition) is 4. The van der Waals surface area contributed by atoms with Gasteiger partial charge in [-0.05, 0) is 26.7 Å². The zero-order valence-corrected chi connectivity index (χ0v) is 9.55. The average molecular weight is 209 g/mol. The van der Waals surface area contributed by atoms with E-state index in [1.54, 1.807) is 0 Å². The van der Waals surface area contributed by atoms with E-state index >= 15 is 0 Å². The number of rotatable bonds is 3. The molecule has 0 spiro atoms. The first kappa shape index (κ1) is 10.6. The summed E-state index contributed by atoms with van der Waals surface area (Å²) >= 11 is 0. The van der Waals surface area contributed by atoms with Gasteiger partial charge in [0, 0.05) is 13.1 Å². The number of piperidine rings is 1. The van der Waals surface area contributed by atoms with Crippen molar-refractivity contribution in [1.29, 1.82) is 0 Å². The van der Waals surface area contributed by atoms with Crippen molar-refractivity contribution in [3.8, 4) is 0 Å². The molecule has 84 valence electrons. The summed E-state index contributed by atoms with van der Waals surface area (Å²) in [5.41, 5.74) is 4.35. The Morgan fingerprint density at radius 3 is 2.60 bits per heavy atom. The highest BCUT2D eigenvalue weighted by Gasteiger charge is 2.11. The summed E-state index contributed by atoms with van der Waals surface area (Å²) < 4.78 is 5.51. The molecule has 1 N–H and O–H groups in total. The molecular formula is C11H19N3O. The molecule has 1 fully saturated rings. The lowest BCUT2D eigenvalue weighted by Gasteiger charge is -2.26. The van der Waals surface area contributed by atoms with Crippen LogP contribution < -0.4 is 5.43 Å². The van der Waals surface area contributed by atoms with Gasteiger partial charge in [-0.1, -0.05) is 6.42 Å². The number of oxazole rings is 1. The summed E-state index contributed by atoms with van der Waals surface area (Å²) in [5.74, 6) is 1.71. The molecule has 1 saturated heterocycles. The molecule has 2 heterocycles. The molecule has 0 saturated carbocycles. The van der Waals surface area contributed by atoms with Crippen LogP contribution in [0.3, 0.4) is 0 Å². The van der Waals surface area contributed by atoms with E-state index in [2.05, 4.69) is 15.4 Å². The molecule has 15 heavy (non-hydrogen) atoms. The fourth-order valence-electron chi connectivity index (χ4n) is 1.85. The summed E-state index contributed by atoms with van der Waals surface area (Å²) in [6, 6.07) is 0. The van der Waals surface area contributed by atoms with Crippen molar-refractivity contribution in [2.75, 3.05) is 13.1 Å². The lowest BCUT2D eigenvalue weighted by atomic mass is 10.2. The van der Waals surface area contributed by atoms with Crippen LogP contribution in [-0.4, -0.2) is 23.1 Å². The van der Waals surface area contributed by atoms with E-state index in [9.17, 15) is 0 Å². The molecular weight excluding hydrogens is 190 g/mol. The minimum absolute atomic E-state index is 0.703. The van der Waals surface area contributed by atoms with E-state index in [-0.39, 0.29) is 0 Å². The van der Waals surface area contributed by atoms with Crippen LogP contribution in [-0.2, 0) is 6.54 Å². The molecule has 2 rings (SSSR count). The first-order chi connectivity index (χ1) is 7.25. The monoisotopic (exact) mass is 209 g/mol. The number of aromatic nitrogens is 1. The maximum atomic E-state index is 5.51. The van der Waals surface area contributed by atoms with Crippen molar-refractivity contribution in [2.24, 2.45) is 0 Å². The lowest BCUT2D eigenvalue weighted by molar-refractivity contribution is 0.144. The topological polar surface area (TPSA) is 41.3 Å². The standard InChI is InChI=1S/C11H19N3O/c1-9-10(2)15-11(13-9)8-12-14-6-4-3-5-7-14/h12H,3-8H2,1-2H3. The molecule has 0 aromatic carbocycles. The molecule has 1 aliphatic heterocycles. The van der Waals surface area contributed by atoms with Gasteiger partial charge in [0.05, 0.1) is 12.2 Å².